The van der Waals surface area contributed by atoms with Crippen molar-refractivity contribution in [3.05, 3.63) is 46.2 Å². The second-order valence-electron chi connectivity index (χ2n) is 4.59. The number of amides is 1. The van der Waals surface area contributed by atoms with E-state index in [1.807, 2.05) is 25.1 Å². The fourth-order valence-corrected chi connectivity index (χ4v) is 3.43. The summed E-state index contributed by atoms with van der Waals surface area (Å²) in [6.07, 6.45) is 0. The summed E-state index contributed by atoms with van der Waals surface area (Å²) in [4.78, 5) is 28.2. The third-order valence-corrected chi connectivity index (χ3v) is 4.63. The Balaban J connectivity index is 1.59. The number of anilines is 1. The van der Waals surface area contributed by atoms with Crippen LogP contribution in [0.2, 0.25) is 0 Å². The van der Waals surface area contributed by atoms with Crippen molar-refractivity contribution in [1.29, 1.82) is 0 Å². The first-order chi connectivity index (χ1) is 10.6. The number of aromatic nitrogens is 1. The standard InChI is InChI=1S/C15H12N2O3S2/c1-9-4-5-10-12(7-9)22-15(16-10)17-13(18)8-20-14(19)11-3-2-6-21-11/h2-7H,8H2,1H3,(H,16,17,18). The quantitative estimate of drug-likeness (QED) is 0.743. The lowest BCUT2D eigenvalue weighted by molar-refractivity contribution is -0.119. The molecule has 0 fully saturated rings. The molecular formula is C15H12N2O3S2. The molecule has 0 radical (unpaired) electrons. The molecular weight excluding hydrogens is 320 g/mol. The number of rotatable bonds is 4. The van der Waals surface area contributed by atoms with Gasteiger partial charge in [0.1, 0.15) is 4.88 Å². The van der Waals surface area contributed by atoms with Crippen LogP contribution in [0.15, 0.2) is 35.7 Å². The Morgan fingerprint density at radius 1 is 1.32 bits per heavy atom. The Morgan fingerprint density at radius 2 is 2.18 bits per heavy atom. The van der Waals surface area contributed by atoms with Crippen LogP contribution in [-0.2, 0) is 9.53 Å². The summed E-state index contributed by atoms with van der Waals surface area (Å²) in [6.45, 7) is 1.67. The van der Waals surface area contributed by atoms with E-state index >= 15 is 0 Å². The zero-order valence-electron chi connectivity index (χ0n) is 11.7. The first-order valence-electron chi connectivity index (χ1n) is 6.49. The molecule has 3 aromatic rings. The minimum absolute atomic E-state index is 0.328. The molecule has 0 aliphatic carbocycles. The molecule has 0 aliphatic rings. The first kappa shape index (κ1) is 14.7. The molecule has 7 heteroatoms. The number of fused-ring (bicyclic) bond motifs is 1. The molecule has 0 aliphatic heterocycles. The van der Waals surface area contributed by atoms with E-state index in [9.17, 15) is 9.59 Å². The Kier molecular flexibility index (Phi) is 4.17. The number of benzene rings is 1. The van der Waals surface area contributed by atoms with Crippen LogP contribution < -0.4 is 5.32 Å². The number of nitrogens with zero attached hydrogens (tertiary/aromatic N) is 1. The van der Waals surface area contributed by atoms with Crippen LogP contribution >= 0.6 is 22.7 Å². The normalized spacial score (nSPS) is 10.6. The van der Waals surface area contributed by atoms with Crippen LogP contribution in [0.4, 0.5) is 5.13 Å². The average Bonchev–Trinajstić information content (AvgIpc) is 3.13. The summed E-state index contributed by atoms with van der Waals surface area (Å²) in [5, 5.41) is 4.92. The fourth-order valence-electron chi connectivity index (χ4n) is 1.84. The van der Waals surface area contributed by atoms with E-state index in [-0.39, 0.29) is 6.61 Å². The lowest BCUT2D eigenvalue weighted by Crippen LogP contribution is -2.20. The smallest absolute Gasteiger partial charge is 0.348 e. The van der Waals surface area contributed by atoms with Crippen molar-refractivity contribution in [3.8, 4) is 0 Å². The second kappa shape index (κ2) is 6.25. The molecule has 1 amide bonds. The van der Waals surface area contributed by atoms with Gasteiger partial charge >= 0.3 is 5.97 Å². The summed E-state index contributed by atoms with van der Waals surface area (Å²) in [5.41, 5.74) is 1.97. The zero-order valence-corrected chi connectivity index (χ0v) is 13.3. The number of hydrogen-bond acceptors (Lipinski definition) is 6. The summed E-state index contributed by atoms with van der Waals surface area (Å²) < 4.78 is 5.96. The minimum Gasteiger partial charge on any atom is -0.451 e. The Labute approximate surface area is 134 Å². The van der Waals surface area contributed by atoms with Gasteiger partial charge in [-0.2, -0.15) is 0 Å². The van der Waals surface area contributed by atoms with E-state index in [0.717, 1.165) is 15.8 Å². The molecule has 2 heterocycles. The number of nitrogens with one attached hydrogen (secondary N) is 1. The first-order valence-corrected chi connectivity index (χ1v) is 8.19. The third kappa shape index (κ3) is 3.32. The van der Waals surface area contributed by atoms with Crippen LogP contribution in [0.25, 0.3) is 10.2 Å². The molecule has 0 spiro atoms. The monoisotopic (exact) mass is 332 g/mol. The van der Waals surface area contributed by atoms with Gasteiger partial charge < -0.3 is 4.74 Å². The van der Waals surface area contributed by atoms with Gasteiger partial charge in [0.15, 0.2) is 11.7 Å². The lowest BCUT2D eigenvalue weighted by atomic mass is 10.2. The van der Waals surface area contributed by atoms with Gasteiger partial charge in [-0.1, -0.05) is 23.5 Å². The molecule has 1 N–H and O–H groups in total. The minimum atomic E-state index is -0.495. The van der Waals surface area contributed by atoms with Gasteiger partial charge in [0, 0.05) is 0 Å². The largest absolute Gasteiger partial charge is 0.451 e. The van der Waals surface area contributed by atoms with Gasteiger partial charge in [0.05, 0.1) is 10.2 Å². The van der Waals surface area contributed by atoms with E-state index in [0.29, 0.717) is 10.0 Å². The topological polar surface area (TPSA) is 68.3 Å². The predicted molar refractivity (Wildman–Crippen MR) is 87.6 cm³/mol. The molecule has 1 aromatic carbocycles. The number of carbonyl (C=O) groups excluding carboxylic acids is 2. The van der Waals surface area contributed by atoms with Crippen LogP contribution in [-0.4, -0.2) is 23.5 Å². The molecule has 2 aromatic heterocycles. The van der Waals surface area contributed by atoms with Crippen molar-refractivity contribution in [2.45, 2.75) is 6.92 Å². The van der Waals surface area contributed by atoms with Crippen molar-refractivity contribution in [3.63, 3.8) is 0 Å². The number of esters is 1. The molecule has 0 atom stereocenters. The number of aryl methyl sites for hydroxylation is 1. The van der Waals surface area contributed by atoms with Crippen LogP contribution in [0.5, 0.6) is 0 Å². The highest BCUT2D eigenvalue weighted by molar-refractivity contribution is 7.22. The zero-order chi connectivity index (χ0) is 15.5. The highest BCUT2D eigenvalue weighted by Crippen LogP contribution is 2.26. The van der Waals surface area contributed by atoms with Crippen molar-refractivity contribution in [2.75, 3.05) is 11.9 Å². The highest BCUT2D eigenvalue weighted by atomic mass is 32.1. The van der Waals surface area contributed by atoms with Crippen LogP contribution in [0, 0.1) is 6.92 Å². The molecule has 0 saturated carbocycles. The SMILES string of the molecule is Cc1ccc2nc(NC(=O)COC(=O)c3cccs3)sc2c1. The van der Waals surface area contributed by atoms with Gasteiger partial charge in [-0.3, -0.25) is 10.1 Å². The van der Waals surface area contributed by atoms with Gasteiger partial charge in [-0.05, 0) is 36.1 Å². The van der Waals surface area contributed by atoms with Crippen molar-refractivity contribution < 1.29 is 14.3 Å². The molecule has 0 unspecified atom stereocenters. The molecule has 0 saturated heterocycles. The Hall–Kier alpha value is -2.25. The second-order valence-corrected chi connectivity index (χ2v) is 6.57. The van der Waals surface area contributed by atoms with Crippen molar-refractivity contribution in [1.82, 2.24) is 4.98 Å². The number of thiophene rings is 1. The number of ether oxygens (including phenoxy) is 1. The maximum absolute atomic E-state index is 11.8. The summed E-state index contributed by atoms with van der Waals surface area (Å²) >= 11 is 2.66. The fraction of sp³-hybridized carbons (Fsp3) is 0.133. The molecule has 22 heavy (non-hydrogen) atoms. The van der Waals surface area contributed by atoms with Gasteiger partial charge in [-0.15, -0.1) is 11.3 Å². The number of hydrogen-bond donors (Lipinski definition) is 1. The Morgan fingerprint density at radius 3 is 2.95 bits per heavy atom. The van der Waals surface area contributed by atoms with E-state index < -0.39 is 11.9 Å². The molecule has 3 rings (SSSR count). The maximum atomic E-state index is 11.8. The average molecular weight is 332 g/mol. The highest BCUT2D eigenvalue weighted by Gasteiger charge is 2.12. The summed E-state index contributed by atoms with van der Waals surface area (Å²) in [6, 6.07) is 9.30. The van der Waals surface area contributed by atoms with Gasteiger partial charge in [0.2, 0.25) is 0 Å². The predicted octanol–water partition coefficient (Wildman–Crippen LogP) is 3.46. The van der Waals surface area contributed by atoms with E-state index in [4.69, 9.17) is 4.74 Å². The van der Waals surface area contributed by atoms with E-state index in [1.54, 1.807) is 17.5 Å². The molecule has 5 nitrogen and oxygen atoms in total. The van der Waals surface area contributed by atoms with Crippen molar-refractivity contribution >= 4 is 49.9 Å². The number of thiazole rings is 1. The maximum Gasteiger partial charge on any atom is 0.348 e. The summed E-state index contributed by atoms with van der Waals surface area (Å²) in [7, 11) is 0. The molecule has 112 valence electrons. The molecule has 0 bridgehead atoms. The van der Waals surface area contributed by atoms with Crippen LogP contribution in [0.1, 0.15) is 15.2 Å². The van der Waals surface area contributed by atoms with E-state index in [1.165, 1.54) is 22.7 Å². The number of carbonyl (C=O) groups is 2. The van der Waals surface area contributed by atoms with Crippen LogP contribution in [0.3, 0.4) is 0 Å². The van der Waals surface area contributed by atoms with Crippen molar-refractivity contribution in [2.24, 2.45) is 0 Å². The van der Waals surface area contributed by atoms with Gasteiger partial charge in [-0.25, -0.2) is 9.78 Å². The summed E-state index contributed by atoms with van der Waals surface area (Å²) in [5.74, 6) is -0.897. The third-order valence-electron chi connectivity index (χ3n) is 2.85. The lowest BCUT2D eigenvalue weighted by Gasteiger charge is -2.02. The Bertz CT molecular complexity index is 825. The van der Waals surface area contributed by atoms with E-state index in [2.05, 4.69) is 10.3 Å². The van der Waals surface area contributed by atoms with Gasteiger partial charge in [0.25, 0.3) is 5.91 Å².